The second-order valence-corrected chi connectivity index (χ2v) is 6.73. The molecule has 20 heavy (non-hydrogen) atoms. The van der Waals surface area contributed by atoms with Crippen LogP contribution in [0.2, 0.25) is 0 Å². The first-order valence-electron chi connectivity index (χ1n) is 6.81. The van der Waals surface area contributed by atoms with Crippen LogP contribution in [-0.2, 0) is 9.59 Å². The van der Waals surface area contributed by atoms with Crippen molar-refractivity contribution in [2.45, 2.75) is 32.2 Å². The van der Waals surface area contributed by atoms with Crippen molar-refractivity contribution >= 4 is 33.4 Å². The molecule has 1 atom stereocenters. The molecule has 1 saturated heterocycles. The quantitative estimate of drug-likeness (QED) is 0.901. The van der Waals surface area contributed by atoms with Crippen LogP contribution in [0.4, 0.5) is 5.69 Å². The maximum Gasteiger partial charge on any atom is 0.253 e. The van der Waals surface area contributed by atoms with Gasteiger partial charge in [0.1, 0.15) is 12.1 Å². The molecule has 1 saturated carbocycles. The average molecular weight is 337 g/mol. The summed E-state index contributed by atoms with van der Waals surface area (Å²) in [6.07, 6.45) is 2.01. The number of hydrogen-bond donors (Lipinski definition) is 1. The Morgan fingerprint density at radius 2 is 2.05 bits per heavy atom. The minimum absolute atomic E-state index is 0.00843. The maximum absolute atomic E-state index is 12.8. The Labute approximate surface area is 126 Å². The van der Waals surface area contributed by atoms with Crippen LogP contribution in [0.15, 0.2) is 22.7 Å². The monoisotopic (exact) mass is 336 g/mol. The molecule has 0 bridgehead atoms. The zero-order valence-corrected chi connectivity index (χ0v) is 13.2. The summed E-state index contributed by atoms with van der Waals surface area (Å²) in [7, 11) is 0. The van der Waals surface area contributed by atoms with Crippen molar-refractivity contribution in [2.24, 2.45) is 5.92 Å². The number of nitrogens with zero attached hydrogens (tertiary/aromatic N) is 1. The molecule has 0 aromatic heterocycles. The molecule has 1 aromatic rings. The summed E-state index contributed by atoms with van der Waals surface area (Å²) in [6.45, 7) is 3.91. The van der Waals surface area contributed by atoms with Crippen LogP contribution in [0, 0.1) is 12.8 Å². The maximum atomic E-state index is 12.8. The van der Waals surface area contributed by atoms with E-state index in [1.165, 1.54) is 0 Å². The van der Waals surface area contributed by atoms with Crippen LogP contribution >= 0.6 is 15.9 Å². The van der Waals surface area contributed by atoms with E-state index in [2.05, 4.69) is 21.2 Å². The molecule has 5 heteroatoms. The van der Waals surface area contributed by atoms with E-state index in [4.69, 9.17) is 0 Å². The van der Waals surface area contributed by atoms with Gasteiger partial charge in [0.05, 0.1) is 5.69 Å². The van der Waals surface area contributed by atoms with Crippen molar-refractivity contribution in [3.05, 3.63) is 28.2 Å². The number of piperazine rings is 1. The lowest BCUT2D eigenvalue weighted by Gasteiger charge is -2.40. The number of anilines is 1. The Hall–Kier alpha value is -1.36. The van der Waals surface area contributed by atoms with Gasteiger partial charge in [0.2, 0.25) is 5.91 Å². The van der Waals surface area contributed by atoms with Crippen molar-refractivity contribution in [1.29, 1.82) is 0 Å². The molecule has 1 aromatic carbocycles. The number of amides is 2. The Bertz CT molecular complexity index is 598. The van der Waals surface area contributed by atoms with E-state index in [0.717, 1.165) is 28.6 Å². The van der Waals surface area contributed by atoms with Crippen LogP contribution in [0.3, 0.4) is 0 Å². The summed E-state index contributed by atoms with van der Waals surface area (Å²) in [5.41, 5.74) is 1.09. The standard InChI is InChI=1S/C15H17BrN2O2/c1-9-3-6-11(16)12(7-9)18-8-13(19)17-15(2,14(18)20)10-4-5-10/h3,6-7,10H,4-5,8H2,1-2H3,(H,17,19). The van der Waals surface area contributed by atoms with Gasteiger partial charge in [0.25, 0.3) is 5.91 Å². The van der Waals surface area contributed by atoms with Gasteiger partial charge >= 0.3 is 0 Å². The number of benzene rings is 1. The highest BCUT2D eigenvalue weighted by atomic mass is 79.9. The first kappa shape index (κ1) is 13.6. The molecule has 1 aliphatic carbocycles. The summed E-state index contributed by atoms with van der Waals surface area (Å²) in [5.74, 6) is 0.170. The molecule has 1 heterocycles. The summed E-state index contributed by atoms with van der Waals surface area (Å²) in [6, 6.07) is 5.83. The predicted octanol–water partition coefficient (Wildman–Crippen LogP) is 2.39. The fourth-order valence-electron chi connectivity index (χ4n) is 2.84. The van der Waals surface area contributed by atoms with Gasteiger partial charge in [-0.1, -0.05) is 6.07 Å². The SMILES string of the molecule is Cc1ccc(Br)c(N2CC(=O)NC(C)(C3CC3)C2=O)c1. The van der Waals surface area contributed by atoms with Crippen LogP contribution in [0.1, 0.15) is 25.3 Å². The summed E-state index contributed by atoms with van der Waals surface area (Å²) < 4.78 is 0.837. The number of aryl methyl sites for hydroxylation is 1. The lowest BCUT2D eigenvalue weighted by Crippen LogP contribution is -2.66. The van der Waals surface area contributed by atoms with Crippen LogP contribution in [0.5, 0.6) is 0 Å². The molecular formula is C15H17BrN2O2. The molecular weight excluding hydrogens is 320 g/mol. The minimum atomic E-state index is -0.751. The summed E-state index contributed by atoms with van der Waals surface area (Å²) in [5, 5.41) is 2.89. The van der Waals surface area contributed by atoms with E-state index in [1.807, 2.05) is 32.0 Å². The fourth-order valence-corrected chi connectivity index (χ4v) is 3.30. The summed E-state index contributed by atoms with van der Waals surface area (Å²) in [4.78, 5) is 26.5. The average Bonchev–Trinajstić information content (AvgIpc) is 3.21. The highest BCUT2D eigenvalue weighted by Gasteiger charge is 2.53. The lowest BCUT2D eigenvalue weighted by atomic mass is 9.91. The lowest BCUT2D eigenvalue weighted by molar-refractivity contribution is -0.136. The third-order valence-electron chi connectivity index (χ3n) is 4.18. The van der Waals surface area contributed by atoms with Gasteiger partial charge in [-0.3, -0.25) is 14.5 Å². The van der Waals surface area contributed by atoms with Crippen molar-refractivity contribution in [1.82, 2.24) is 5.32 Å². The van der Waals surface area contributed by atoms with E-state index >= 15 is 0 Å². The normalized spacial score (nSPS) is 26.6. The van der Waals surface area contributed by atoms with Gasteiger partial charge < -0.3 is 5.32 Å². The molecule has 1 unspecified atom stereocenters. The van der Waals surface area contributed by atoms with E-state index in [-0.39, 0.29) is 24.3 Å². The number of carbonyl (C=O) groups excluding carboxylic acids is 2. The van der Waals surface area contributed by atoms with Crippen LogP contribution < -0.4 is 10.2 Å². The summed E-state index contributed by atoms with van der Waals surface area (Å²) >= 11 is 3.48. The number of rotatable bonds is 2. The van der Waals surface area contributed by atoms with E-state index in [9.17, 15) is 9.59 Å². The third-order valence-corrected chi connectivity index (χ3v) is 4.85. The molecule has 4 nitrogen and oxygen atoms in total. The molecule has 2 aliphatic rings. The van der Waals surface area contributed by atoms with Gasteiger partial charge in [-0.05, 0) is 66.2 Å². The second-order valence-electron chi connectivity index (χ2n) is 5.87. The van der Waals surface area contributed by atoms with E-state index in [0.29, 0.717) is 0 Å². The second kappa shape index (κ2) is 4.58. The minimum Gasteiger partial charge on any atom is -0.340 e. The van der Waals surface area contributed by atoms with Gasteiger partial charge in [0.15, 0.2) is 0 Å². The fraction of sp³-hybridized carbons (Fsp3) is 0.467. The first-order chi connectivity index (χ1) is 9.41. The number of carbonyl (C=O) groups is 2. The zero-order chi connectivity index (χ0) is 14.5. The van der Waals surface area contributed by atoms with Gasteiger partial charge in [-0.2, -0.15) is 0 Å². The highest BCUT2D eigenvalue weighted by molar-refractivity contribution is 9.10. The molecule has 0 spiro atoms. The van der Waals surface area contributed by atoms with Crippen molar-refractivity contribution in [2.75, 3.05) is 11.4 Å². The largest absolute Gasteiger partial charge is 0.340 e. The number of halogens is 1. The molecule has 3 rings (SSSR count). The molecule has 1 N–H and O–H groups in total. The zero-order valence-electron chi connectivity index (χ0n) is 11.6. The molecule has 2 amide bonds. The van der Waals surface area contributed by atoms with Crippen LogP contribution in [0.25, 0.3) is 0 Å². The van der Waals surface area contributed by atoms with Crippen LogP contribution in [-0.4, -0.2) is 23.9 Å². The smallest absolute Gasteiger partial charge is 0.253 e. The molecule has 1 aliphatic heterocycles. The molecule has 106 valence electrons. The van der Waals surface area contributed by atoms with Crippen molar-refractivity contribution < 1.29 is 9.59 Å². The predicted molar refractivity (Wildman–Crippen MR) is 80.5 cm³/mol. The Morgan fingerprint density at radius 1 is 1.35 bits per heavy atom. The Morgan fingerprint density at radius 3 is 2.70 bits per heavy atom. The number of nitrogens with one attached hydrogen (secondary N) is 1. The third kappa shape index (κ3) is 2.14. The van der Waals surface area contributed by atoms with Gasteiger partial charge in [-0.15, -0.1) is 0 Å². The van der Waals surface area contributed by atoms with E-state index in [1.54, 1.807) is 4.90 Å². The van der Waals surface area contributed by atoms with Gasteiger partial charge in [-0.25, -0.2) is 0 Å². The first-order valence-corrected chi connectivity index (χ1v) is 7.60. The highest BCUT2D eigenvalue weighted by Crippen LogP contribution is 2.43. The van der Waals surface area contributed by atoms with Crippen molar-refractivity contribution in [3.8, 4) is 0 Å². The Kier molecular flexibility index (Phi) is 3.12. The van der Waals surface area contributed by atoms with Crippen molar-refractivity contribution in [3.63, 3.8) is 0 Å². The van der Waals surface area contributed by atoms with Gasteiger partial charge in [0, 0.05) is 4.47 Å². The van der Waals surface area contributed by atoms with E-state index < -0.39 is 5.54 Å². The Balaban J connectivity index is 2.01. The topological polar surface area (TPSA) is 49.4 Å². The molecule has 0 radical (unpaired) electrons. The number of hydrogen-bond acceptors (Lipinski definition) is 2. The molecule has 2 fully saturated rings.